The second-order valence-electron chi connectivity index (χ2n) is 4.99. The van der Waals surface area contributed by atoms with Gasteiger partial charge in [0, 0.05) is 24.2 Å². The molecule has 1 saturated heterocycles. The second kappa shape index (κ2) is 5.05. The molecule has 0 saturated carbocycles. The van der Waals surface area contributed by atoms with Crippen LogP contribution in [-0.4, -0.2) is 30.0 Å². The van der Waals surface area contributed by atoms with Crippen LogP contribution in [0.4, 0.5) is 0 Å². The maximum Gasteiger partial charge on any atom is 0.121 e. The van der Waals surface area contributed by atoms with Gasteiger partial charge in [0.25, 0.3) is 0 Å². The van der Waals surface area contributed by atoms with E-state index in [9.17, 15) is 0 Å². The fourth-order valence-corrected chi connectivity index (χ4v) is 2.75. The van der Waals surface area contributed by atoms with Gasteiger partial charge in [-0.15, -0.1) is 0 Å². The van der Waals surface area contributed by atoms with Crippen molar-refractivity contribution in [3.63, 3.8) is 0 Å². The minimum Gasteiger partial charge on any atom is -0.497 e. The van der Waals surface area contributed by atoms with E-state index in [-0.39, 0.29) is 0 Å². The molecule has 4 heteroatoms. The molecule has 1 aromatic heterocycles. The highest BCUT2D eigenvalue weighted by Crippen LogP contribution is 2.27. The third-order valence-corrected chi connectivity index (χ3v) is 3.85. The van der Waals surface area contributed by atoms with Crippen LogP contribution in [0.3, 0.4) is 0 Å². The molecule has 3 rings (SSSR count). The van der Waals surface area contributed by atoms with Crippen molar-refractivity contribution in [1.82, 2.24) is 15.1 Å². The molecule has 1 aromatic carbocycles. The van der Waals surface area contributed by atoms with Gasteiger partial charge < -0.3 is 10.1 Å². The van der Waals surface area contributed by atoms with Gasteiger partial charge in [0.1, 0.15) is 5.75 Å². The van der Waals surface area contributed by atoms with Gasteiger partial charge in [-0.25, -0.2) is 4.68 Å². The van der Waals surface area contributed by atoms with Crippen LogP contribution in [0.15, 0.2) is 30.5 Å². The SMILES string of the molecule is COc1cccc(-n2ncc(C3CCNC3)c2C)c1. The minimum absolute atomic E-state index is 0.597. The lowest BCUT2D eigenvalue weighted by atomic mass is 9.99. The molecule has 1 aliphatic rings. The summed E-state index contributed by atoms with van der Waals surface area (Å²) in [5, 5.41) is 7.95. The van der Waals surface area contributed by atoms with Crippen LogP contribution >= 0.6 is 0 Å². The first-order valence-corrected chi connectivity index (χ1v) is 6.69. The van der Waals surface area contributed by atoms with E-state index < -0.39 is 0 Å². The highest BCUT2D eigenvalue weighted by atomic mass is 16.5. The third kappa shape index (κ3) is 2.24. The number of rotatable bonds is 3. The number of hydrogen-bond acceptors (Lipinski definition) is 3. The van der Waals surface area contributed by atoms with E-state index in [0.717, 1.165) is 24.5 Å². The maximum absolute atomic E-state index is 5.27. The first-order chi connectivity index (χ1) is 9.29. The van der Waals surface area contributed by atoms with Gasteiger partial charge in [-0.05, 0) is 37.6 Å². The monoisotopic (exact) mass is 257 g/mol. The molecule has 2 aromatic rings. The normalized spacial score (nSPS) is 18.7. The topological polar surface area (TPSA) is 39.1 Å². The summed E-state index contributed by atoms with van der Waals surface area (Å²) in [6, 6.07) is 8.01. The van der Waals surface area contributed by atoms with Crippen molar-refractivity contribution in [2.75, 3.05) is 20.2 Å². The molecule has 1 N–H and O–H groups in total. The molecule has 0 radical (unpaired) electrons. The fourth-order valence-electron chi connectivity index (χ4n) is 2.75. The van der Waals surface area contributed by atoms with Crippen molar-refractivity contribution in [2.24, 2.45) is 0 Å². The Morgan fingerprint density at radius 1 is 1.42 bits per heavy atom. The molecule has 0 aliphatic carbocycles. The Morgan fingerprint density at radius 2 is 2.32 bits per heavy atom. The summed E-state index contributed by atoms with van der Waals surface area (Å²) in [6.45, 7) is 4.30. The van der Waals surface area contributed by atoms with Crippen LogP contribution in [0.2, 0.25) is 0 Å². The summed E-state index contributed by atoms with van der Waals surface area (Å²) in [5.41, 5.74) is 3.63. The van der Waals surface area contributed by atoms with Gasteiger partial charge in [-0.3, -0.25) is 0 Å². The van der Waals surface area contributed by atoms with E-state index >= 15 is 0 Å². The summed E-state index contributed by atoms with van der Waals surface area (Å²) in [4.78, 5) is 0. The van der Waals surface area contributed by atoms with Crippen LogP contribution in [0.1, 0.15) is 23.6 Å². The molecule has 1 aliphatic heterocycles. The molecule has 100 valence electrons. The summed E-state index contributed by atoms with van der Waals surface area (Å²) in [7, 11) is 1.69. The van der Waals surface area contributed by atoms with E-state index in [1.54, 1.807) is 7.11 Å². The van der Waals surface area contributed by atoms with Crippen LogP contribution in [-0.2, 0) is 0 Å². The van der Waals surface area contributed by atoms with Gasteiger partial charge in [-0.1, -0.05) is 6.07 Å². The number of ether oxygens (including phenoxy) is 1. The van der Waals surface area contributed by atoms with E-state index in [4.69, 9.17) is 4.74 Å². The van der Waals surface area contributed by atoms with Gasteiger partial charge in [-0.2, -0.15) is 5.10 Å². The Bertz CT molecular complexity index is 571. The van der Waals surface area contributed by atoms with Crippen molar-refractivity contribution in [2.45, 2.75) is 19.3 Å². The standard InChI is InChI=1S/C15H19N3O/c1-11-15(12-6-7-16-9-12)10-17-18(11)13-4-3-5-14(8-13)19-2/h3-5,8,10,12,16H,6-7,9H2,1-2H3. The van der Waals surface area contributed by atoms with Crippen LogP contribution in [0.5, 0.6) is 5.75 Å². The molecule has 0 amide bonds. The highest BCUT2D eigenvalue weighted by Gasteiger charge is 2.21. The second-order valence-corrected chi connectivity index (χ2v) is 4.99. The van der Waals surface area contributed by atoms with Gasteiger partial charge in [0.2, 0.25) is 0 Å². The van der Waals surface area contributed by atoms with E-state index in [1.807, 2.05) is 29.1 Å². The zero-order valence-electron chi connectivity index (χ0n) is 11.4. The van der Waals surface area contributed by atoms with E-state index in [1.165, 1.54) is 17.7 Å². The zero-order chi connectivity index (χ0) is 13.2. The summed E-state index contributed by atoms with van der Waals surface area (Å²) >= 11 is 0. The first kappa shape index (κ1) is 12.2. The molecule has 0 spiro atoms. The Morgan fingerprint density at radius 3 is 3.05 bits per heavy atom. The molecule has 0 bridgehead atoms. The van der Waals surface area contributed by atoms with Crippen LogP contribution in [0.25, 0.3) is 5.69 Å². The maximum atomic E-state index is 5.27. The van der Waals surface area contributed by atoms with Crippen molar-refractivity contribution < 1.29 is 4.74 Å². The zero-order valence-corrected chi connectivity index (χ0v) is 11.4. The number of nitrogens with zero attached hydrogens (tertiary/aromatic N) is 2. The third-order valence-electron chi connectivity index (χ3n) is 3.85. The lowest BCUT2D eigenvalue weighted by Gasteiger charge is -2.10. The number of aromatic nitrogens is 2. The summed E-state index contributed by atoms with van der Waals surface area (Å²) in [6.07, 6.45) is 3.21. The number of nitrogens with one attached hydrogen (secondary N) is 1. The summed E-state index contributed by atoms with van der Waals surface area (Å²) < 4.78 is 7.27. The van der Waals surface area contributed by atoms with Gasteiger partial charge in [0.15, 0.2) is 0 Å². The molecular formula is C15H19N3O. The van der Waals surface area contributed by atoms with Gasteiger partial charge in [0.05, 0.1) is 19.0 Å². The van der Waals surface area contributed by atoms with Crippen LogP contribution < -0.4 is 10.1 Å². The van der Waals surface area contributed by atoms with Crippen molar-refractivity contribution in [3.8, 4) is 11.4 Å². The molecule has 1 fully saturated rings. The average Bonchev–Trinajstić information content (AvgIpc) is 3.08. The number of benzene rings is 1. The predicted molar refractivity (Wildman–Crippen MR) is 75.1 cm³/mol. The van der Waals surface area contributed by atoms with Crippen LogP contribution in [0, 0.1) is 6.92 Å². The van der Waals surface area contributed by atoms with Crippen molar-refractivity contribution in [3.05, 3.63) is 41.7 Å². The molecule has 1 unspecified atom stereocenters. The molecular weight excluding hydrogens is 238 g/mol. The fraction of sp³-hybridized carbons (Fsp3) is 0.400. The average molecular weight is 257 g/mol. The Labute approximate surface area is 113 Å². The molecule has 1 atom stereocenters. The quantitative estimate of drug-likeness (QED) is 0.916. The minimum atomic E-state index is 0.597. The first-order valence-electron chi connectivity index (χ1n) is 6.69. The lowest BCUT2D eigenvalue weighted by molar-refractivity contribution is 0.414. The Hall–Kier alpha value is -1.81. The van der Waals surface area contributed by atoms with E-state index in [2.05, 4.69) is 23.4 Å². The predicted octanol–water partition coefficient (Wildman–Crippen LogP) is 2.27. The molecule has 19 heavy (non-hydrogen) atoms. The summed E-state index contributed by atoms with van der Waals surface area (Å²) in [5.74, 6) is 1.45. The Balaban J connectivity index is 1.96. The van der Waals surface area contributed by atoms with Crippen molar-refractivity contribution in [1.29, 1.82) is 0 Å². The number of hydrogen-bond donors (Lipinski definition) is 1. The van der Waals surface area contributed by atoms with Crippen molar-refractivity contribution >= 4 is 0 Å². The highest BCUT2D eigenvalue weighted by molar-refractivity contribution is 5.41. The van der Waals surface area contributed by atoms with E-state index in [0.29, 0.717) is 5.92 Å². The molecule has 2 heterocycles. The smallest absolute Gasteiger partial charge is 0.121 e. The number of methoxy groups -OCH3 is 1. The lowest BCUT2D eigenvalue weighted by Crippen LogP contribution is -2.08. The van der Waals surface area contributed by atoms with Gasteiger partial charge >= 0.3 is 0 Å². The molecule has 4 nitrogen and oxygen atoms in total. The largest absolute Gasteiger partial charge is 0.497 e. The Kier molecular flexibility index (Phi) is 3.25.